The molecule has 2 aromatic rings. The zero-order valence-corrected chi connectivity index (χ0v) is 13.6. The van der Waals surface area contributed by atoms with Gasteiger partial charge in [0.1, 0.15) is 6.04 Å². The minimum atomic E-state index is -0.857. The van der Waals surface area contributed by atoms with Crippen LogP contribution in [0.15, 0.2) is 54.6 Å². The molecule has 7 heteroatoms. The molecule has 0 saturated carbocycles. The minimum Gasteiger partial charge on any atom is -0.340 e. The molecule has 0 aliphatic rings. The summed E-state index contributed by atoms with van der Waals surface area (Å²) in [5, 5.41) is 2.81. The molecule has 0 heterocycles. The van der Waals surface area contributed by atoms with E-state index in [0.717, 1.165) is 0 Å². The lowest BCUT2D eigenvalue weighted by Gasteiger charge is -2.15. The van der Waals surface area contributed by atoms with Gasteiger partial charge in [-0.3, -0.25) is 25.2 Å². The maximum atomic E-state index is 12.1. The van der Waals surface area contributed by atoms with Crippen LogP contribution in [0.5, 0.6) is 0 Å². The highest BCUT2D eigenvalue weighted by Crippen LogP contribution is 2.14. The molecule has 0 radical (unpaired) electrons. The predicted octanol–water partition coefficient (Wildman–Crippen LogP) is 1.92. The van der Waals surface area contributed by atoms with Gasteiger partial charge in [0.2, 0.25) is 0 Å². The average molecular weight is 346 g/mol. The summed E-state index contributed by atoms with van der Waals surface area (Å²) in [7, 11) is 0. The first-order chi connectivity index (χ1) is 11.5. The Labute approximate surface area is 144 Å². The van der Waals surface area contributed by atoms with Gasteiger partial charge in [-0.15, -0.1) is 0 Å². The third-order valence-electron chi connectivity index (χ3n) is 3.19. The summed E-state index contributed by atoms with van der Waals surface area (Å²) in [5.74, 6) is -1.48. The van der Waals surface area contributed by atoms with E-state index in [0.29, 0.717) is 10.6 Å². The standard InChI is InChI=1S/C17H16ClN3O3/c1-11(19-17(24)13-9-5-6-10-14(13)18)15(22)20-21-16(23)12-7-3-2-4-8-12/h2-11H,1H3,(H,19,24)(H,20,22)(H,21,23)/t11-/m0/s1. The number of halogens is 1. The van der Waals surface area contributed by atoms with Crippen LogP contribution in [0.1, 0.15) is 27.6 Å². The van der Waals surface area contributed by atoms with Crippen molar-refractivity contribution in [2.45, 2.75) is 13.0 Å². The summed E-state index contributed by atoms with van der Waals surface area (Å²) in [6, 6.07) is 14.1. The van der Waals surface area contributed by atoms with Crippen molar-refractivity contribution in [3.8, 4) is 0 Å². The first-order valence-corrected chi connectivity index (χ1v) is 7.57. The number of hydrogen-bond acceptors (Lipinski definition) is 3. The molecule has 124 valence electrons. The van der Waals surface area contributed by atoms with Gasteiger partial charge >= 0.3 is 0 Å². The summed E-state index contributed by atoms with van der Waals surface area (Å²) in [4.78, 5) is 35.9. The molecule has 0 unspecified atom stereocenters. The van der Waals surface area contributed by atoms with Gasteiger partial charge in [0.05, 0.1) is 10.6 Å². The van der Waals surface area contributed by atoms with Crippen molar-refractivity contribution in [1.29, 1.82) is 0 Å². The van der Waals surface area contributed by atoms with E-state index in [4.69, 9.17) is 11.6 Å². The van der Waals surface area contributed by atoms with Crippen LogP contribution < -0.4 is 16.2 Å². The van der Waals surface area contributed by atoms with Crippen molar-refractivity contribution < 1.29 is 14.4 Å². The fourth-order valence-electron chi connectivity index (χ4n) is 1.87. The van der Waals surface area contributed by atoms with Crippen molar-refractivity contribution in [2.75, 3.05) is 0 Å². The van der Waals surface area contributed by atoms with Gasteiger partial charge in [0.15, 0.2) is 0 Å². The maximum Gasteiger partial charge on any atom is 0.269 e. The monoisotopic (exact) mass is 345 g/mol. The van der Waals surface area contributed by atoms with Gasteiger partial charge in [-0.2, -0.15) is 0 Å². The van der Waals surface area contributed by atoms with Crippen LogP contribution >= 0.6 is 11.6 Å². The molecule has 3 N–H and O–H groups in total. The van der Waals surface area contributed by atoms with Gasteiger partial charge in [-0.05, 0) is 31.2 Å². The van der Waals surface area contributed by atoms with E-state index >= 15 is 0 Å². The molecule has 1 atom stereocenters. The van der Waals surface area contributed by atoms with Crippen LogP contribution in [-0.4, -0.2) is 23.8 Å². The predicted molar refractivity (Wildman–Crippen MR) is 90.4 cm³/mol. The molecular formula is C17H16ClN3O3. The van der Waals surface area contributed by atoms with Gasteiger partial charge in [-0.1, -0.05) is 41.9 Å². The van der Waals surface area contributed by atoms with E-state index < -0.39 is 23.8 Å². The Morgan fingerprint density at radius 2 is 1.50 bits per heavy atom. The SMILES string of the molecule is C[C@H](NC(=O)c1ccccc1Cl)C(=O)NNC(=O)c1ccccc1. The summed E-state index contributed by atoms with van der Waals surface area (Å²) in [5.41, 5.74) is 5.23. The van der Waals surface area contributed by atoms with Crippen LogP contribution in [0.4, 0.5) is 0 Å². The molecule has 0 fully saturated rings. The molecule has 0 bridgehead atoms. The van der Waals surface area contributed by atoms with E-state index in [1.165, 1.54) is 6.92 Å². The van der Waals surface area contributed by atoms with E-state index in [1.807, 2.05) is 0 Å². The van der Waals surface area contributed by atoms with E-state index in [9.17, 15) is 14.4 Å². The van der Waals surface area contributed by atoms with Crippen LogP contribution in [0, 0.1) is 0 Å². The van der Waals surface area contributed by atoms with Gasteiger partial charge in [0.25, 0.3) is 17.7 Å². The number of benzene rings is 2. The molecule has 0 spiro atoms. The Morgan fingerprint density at radius 3 is 2.17 bits per heavy atom. The number of amides is 3. The fourth-order valence-corrected chi connectivity index (χ4v) is 2.10. The summed E-state index contributed by atoms with van der Waals surface area (Å²) in [6.45, 7) is 1.50. The zero-order valence-electron chi connectivity index (χ0n) is 12.9. The van der Waals surface area contributed by atoms with Gasteiger partial charge in [0, 0.05) is 5.56 Å². The maximum absolute atomic E-state index is 12.1. The van der Waals surface area contributed by atoms with E-state index in [2.05, 4.69) is 16.2 Å². The minimum absolute atomic E-state index is 0.270. The lowest BCUT2D eigenvalue weighted by atomic mass is 10.2. The Kier molecular flexibility index (Phi) is 5.92. The molecule has 0 aromatic heterocycles. The Morgan fingerprint density at radius 1 is 0.875 bits per heavy atom. The fraction of sp³-hybridized carbons (Fsp3) is 0.118. The Hall–Kier alpha value is -2.86. The first-order valence-electron chi connectivity index (χ1n) is 7.19. The zero-order chi connectivity index (χ0) is 17.5. The molecule has 2 aromatic carbocycles. The molecule has 3 amide bonds. The van der Waals surface area contributed by atoms with Crippen molar-refractivity contribution in [1.82, 2.24) is 16.2 Å². The summed E-state index contributed by atoms with van der Waals surface area (Å²) in [6.07, 6.45) is 0. The Bertz CT molecular complexity index is 750. The van der Waals surface area contributed by atoms with Crippen molar-refractivity contribution in [3.05, 3.63) is 70.7 Å². The number of rotatable bonds is 4. The first kappa shape index (κ1) is 17.5. The molecule has 0 aliphatic carbocycles. The highest BCUT2D eigenvalue weighted by molar-refractivity contribution is 6.33. The number of hydrazine groups is 1. The lowest BCUT2D eigenvalue weighted by molar-refractivity contribution is -0.123. The van der Waals surface area contributed by atoms with Crippen molar-refractivity contribution >= 4 is 29.3 Å². The quantitative estimate of drug-likeness (QED) is 0.740. The smallest absolute Gasteiger partial charge is 0.269 e. The number of hydrogen-bond donors (Lipinski definition) is 3. The Balaban J connectivity index is 1.87. The van der Waals surface area contributed by atoms with Gasteiger partial charge < -0.3 is 5.32 Å². The molecule has 0 aliphatic heterocycles. The van der Waals surface area contributed by atoms with Crippen molar-refractivity contribution in [3.63, 3.8) is 0 Å². The summed E-state index contributed by atoms with van der Waals surface area (Å²) < 4.78 is 0. The van der Waals surface area contributed by atoms with Crippen LogP contribution in [0.2, 0.25) is 5.02 Å². The average Bonchev–Trinajstić information content (AvgIpc) is 2.60. The molecule has 24 heavy (non-hydrogen) atoms. The molecule has 6 nitrogen and oxygen atoms in total. The number of carbonyl (C=O) groups is 3. The highest BCUT2D eigenvalue weighted by Gasteiger charge is 2.18. The van der Waals surface area contributed by atoms with Crippen LogP contribution in [0.25, 0.3) is 0 Å². The number of nitrogens with one attached hydrogen (secondary N) is 3. The largest absolute Gasteiger partial charge is 0.340 e. The third kappa shape index (κ3) is 4.57. The second kappa shape index (κ2) is 8.12. The van der Waals surface area contributed by atoms with Crippen molar-refractivity contribution in [2.24, 2.45) is 0 Å². The number of carbonyl (C=O) groups excluding carboxylic acids is 3. The van der Waals surface area contributed by atoms with E-state index in [-0.39, 0.29) is 5.56 Å². The van der Waals surface area contributed by atoms with Crippen LogP contribution in [-0.2, 0) is 4.79 Å². The topological polar surface area (TPSA) is 87.3 Å². The third-order valence-corrected chi connectivity index (χ3v) is 3.52. The van der Waals surface area contributed by atoms with Gasteiger partial charge in [-0.25, -0.2) is 0 Å². The second-order valence-corrected chi connectivity index (χ2v) is 5.39. The highest BCUT2D eigenvalue weighted by atomic mass is 35.5. The molecule has 2 rings (SSSR count). The van der Waals surface area contributed by atoms with Crippen LogP contribution in [0.3, 0.4) is 0 Å². The second-order valence-electron chi connectivity index (χ2n) is 4.98. The van der Waals surface area contributed by atoms with E-state index in [1.54, 1.807) is 54.6 Å². The normalized spacial score (nSPS) is 11.2. The lowest BCUT2D eigenvalue weighted by Crippen LogP contribution is -2.51. The molecular weight excluding hydrogens is 330 g/mol. The molecule has 0 saturated heterocycles. The summed E-state index contributed by atoms with van der Waals surface area (Å²) >= 11 is 5.93.